The molecular weight excluding hydrogens is 325 g/mol. The Bertz CT molecular complexity index is 467. The van der Waals surface area contributed by atoms with Gasteiger partial charge in [0.25, 0.3) is 5.91 Å². The Morgan fingerprint density at radius 3 is 2.68 bits per heavy atom. The van der Waals surface area contributed by atoms with Gasteiger partial charge in [-0.25, -0.2) is 0 Å². The van der Waals surface area contributed by atoms with Gasteiger partial charge >= 0.3 is 0 Å². The van der Waals surface area contributed by atoms with Crippen LogP contribution in [0, 0.1) is 5.92 Å². The molecule has 5 nitrogen and oxygen atoms in total. The number of nitrogens with zero attached hydrogens (tertiary/aromatic N) is 2. The van der Waals surface area contributed by atoms with Gasteiger partial charge in [0.2, 0.25) is 0 Å². The molecule has 0 radical (unpaired) electrons. The number of nitrogens with two attached hydrogens (primary N) is 1. The van der Waals surface area contributed by atoms with Gasteiger partial charge in [-0.1, -0.05) is 13.8 Å². The van der Waals surface area contributed by atoms with Gasteiger partial charge in [0.05, 0.1) is 12.1 Å². The van der Waals surface area contributed by atoms with Gasteiger partial charge in [-0.15, -0.1) is 24.8 Å². The van der Waals surface area contributed by atoms with Crippen molar-refractivity contribution in [3.8, 4) is 0 Å². The van der Waals surface area contributed by atoms with E-state index < -0.39 is 0 Å². The van der Waals surface area contributed by atoms with Crippen LogP contribution in [0.4, 0.5) is 0 Å². The molecule has 2 N–H and O–H groups in total. The third-order valence-electron chi connectivity index (χ3n) is 4.31. The first-order valence-corrected chi connectivity index (χ1v) is 7.33. The number of hydrogen-bond acceptors (Lipinski definition) is 4. The maximum Gasteiger partial charge on any atom is 0.257 e. The molecule has 1 saturated heterocycles. The van der Waals surface area contributed by atoms with E-state index in [9.17, 15) is 4.79 Å². The minimum atomic E-state index is 0. The number of piperidine rings is 1. The summed E-state index contributed by atoms with van der Waals surface area (Å²) in [7, 11) is 1.89. The fraction of sp³-hybridized carbons (Fsp3) is 0.667. The Labute approximate surface area is 145 Å². The standard InChI is InChI=1S/C15H25N3O2.2ClH/c1-4-18-6-5-14(11(2)9-18)17(3)15(19)12-7-13(8-16)20-10-12;;/h7,10-11,14H,4-6,8-9,16H2,1-3H3;2*1H. The first-order chi connectivity index (χ1) is 9.56. The molecule has 2 heterocycles. The van der Waals surface area contributed by atoms with Crippen LogP contribution in [0.25, 0.3) is 0 Å². The largest absolute Gasteiger partial charge is 0.467 e. The first-order valence-electron chi connectivity index (χ1n) is 7.33. The molecule has 128 valence electrons. The fourth-order valence-corrected chi connectivity index (χ4v) is 3.04. The van der Waals surface area contributed by atoms with Crippen molar-refractivity contribution in [1.29, 1.82) is 0 Å². The molecule has 22 heavy (non-hydrogen) atoms. The molecule has 2 atom stereocenters. The fourth-order valence-electron chi connectivity index (χ4n) is 3.04. The third-order valence-corrected chi connectivity index (χ3v) is 4.31. The number of carbonyl (C=O) groups is 1. The van der Waals surface area contributed by atoms with Crippen LogP contribution in [-0.2, 0) is 6.54 Å². The van der Waals surface area contributed by atoms with Crippen molar-refractivity contribution in [2.75, 3.05) is 26.7 Å². The summed E-state index contributed by atoms with van der Waals surface area (Å²) < 4.78 is 5.25. The third kappa shape index (κ3) is 4.62. The Morgan fingerprint density at radius 2 is 2.18 bits per heavy atom. The highest BCUT2D eigenvalue weighted by Crippen LogP contribution is 2.23. The molecule has 7 heteroatoms. The molecule has 1 aliphatic heterocycles. The minimum Gasteiger partial charge on any atom is -0.467 e. The van der Waals surface area contributed by atoms with Crippen molar-refractivity contribution in [3.63, 3.8) is 0 Å². The summed E-state index contributed by atoms with van der Waals surface area (Å²) in [4.78, 5) is 16.8. The molecule has 1 fully saturated rings. The zero-order valence-corrected chi connectivity index (χ0v) is 15.1. The Balaban J connectivity index is 0.00000220. The molecule has 1 amide bonds. The summed E-state index contributed by atoms with van der Waals surface area (Å²) in [5.41, 5.74) is 6.11. The lowest BCUT2D eigenvalue weighted by molar-refractivity contribution is 0.0520. The molecule has 0 aliphatic carbocycles. The normalized spacial score (nSPS) is 21.6. The van der Waals surface area contributed by atoms with Crippen LogP contribution >= 0.6 is 24.8 Å². The topological polar surface area (TPSA) is 62.7 Å². The molecule has 0 bridgehead atoms. The van der Waals surface area contributed by atoms with Crippen molar-refractivity contribution in [2.45, 2.75) is 32.9 Å². The van der Waals surface area contributed by atoms with Crippen molar-refractivity contribution in [2.24, 2.45) is 11.7 Å². The number of amides is 1. The highest BCUT2D eigenvalue weighted by Gasteiger charge is 2.31. The van der Waals surface area contributed by atoms with Crippen LogP contribution in [0.3, 0.4) is 0 Å². The summed E-state index contributed by atoms with van der Waals surface area (Å²) in [6.07, 6.45) is 2.53. The minimum absolute atomic E-state index is 0. The number of carbonyl (C=O) groups excluding carboxylic acids is 1. The van der Waals surface area contributed by atoms with E-state index in [4.69, 9.17) is 10.2 Å². The number of hydrogen-bond donors (Lipinski definition) is 1. The number of halogens is 2. The van der Waals surface area contributed by atoms with Crippen LogP contribution < -0.4 is 5.73 Å². The maximum absolute atomic E-state index is 12.5. The van der Waals surface area contributed by atoms with E-state index in [1.54, 1.807) is 6.07 Å². The zero-order chi connectivity index (χ0) is 14.7. The van der Waals surface area contributed by atoms with Gasteiger partial charge in [0.1, 0.15) is 12.0 Å². The van der Waals surface area contributed by atoms with Crippen molar-refractivity contribution in [3.05, 3.63) is 23.7 Å². The molecular formula is C15H27Cl2N3O2. The zero-order valence-electron chi connectivity index (χ0n) is 13.4. The summed E-state index contributed by atoms with van der Waals surface area (Å²) >= 11 is 0. The highest BCUT2D eigenvalue weighted by atomic mass is 35.5. The van der Waals surface area contributed by atoms with Crippen LogP contribution in [-0.4, -0.2) is 48.4 Å². The van der Waals surface area contributed by atoms with Crippen LogP contribution in [0.2, 0.25) is 0 Å². The maximum atomic E-state index is 12.5. The Morgan fingerprint density at radius 1 is 1.50 bits per heavy atom. The molecule has 1 aliphatic rings. The molecule has 2 rings (SSSR count). The van der Waals surface area contributed by atoms with E-state index in [1.807, 2.05) is 11.9 Å². The SMILES string of the molecule is CCN1CCC(N(C)C(=O)c2coc(CN)c2)C(C)C1.Cl.Cl. The summed E-state index contributed by atoms with van der Waals surface area (Å²) in [6.45, 7) is 7.91. The summed E-state index contributed by atoms with van der Waals surface area (Å²) in [6, 6.07) is 2.03. The molecule has 1 aromatic heterocycles. The van der Waals surface area contributed by atoms with Gasteiger partial charge in [0.15, 0.2) is 0 Å². The highest BCUT2D eigenvalue weighted by molar-refractivity contribution is 5.94. The van der Waals surface area contributed by atoms with Gasteiger partial charge < -0.3 is 20.0 Å². The molecule has 0 spiro atoms. The smallest absolute Gasteiger partial charge is 0.257 e. The van der Waals surface area contributed by atoms with E-state index in [0.717, 1.165) is 26.1 Å². The predicted octanol–water partition coefficient (Wildman–Crippen LogP) is 2.38. The van der Waals surface area contributed by atoms with Crippen LogP contribution in [0.15, 0.2) is 16.7 Å². The number of likely N-dealkylation sites (tertiary alicyclic amines) is 1. The van der Waals surface area contributed by atoms with Gasteiger partial charge in [0, 0.05) is 26.2 Å². The van der Waals surface area contributed by atoms with E-state index in [0.29, 0.717) is 29.8 Å². The van der Waals surface area contributed by atoms with Gasteiger partial charge in [-0.05, 0) is 24.9 Å². The quantitative estimate of drug-likeness (QED) is 0.904. The Kier molecular flexibility index (Phi) is 9.08. The second-order valence-corrected chi connectivity index (χ2v) is 5.65. The first kappa shape index (κ1) is 21.2. The Hall–Kier alpha value is -0.750. The van der Waals surface area contributed by atoms with Crippen LogP contribution in [0.1, 0.15) is 36.4 Å². The van der Waals surface area contributed by atoms with E-state index >= 15 is 0 Å². The predicted molar refractivity (Wildman–Crippen MR) is 92.9 cm³/mol. The average molecular weight is 352 g/mol. The number of rotatable bonds is 4. The monoisotopic (exact) mass is 351 g/mol. The second kappa shape index (κ2) is 9.40. The van der Waals surface area contributed by atoms with Crippen molar-refractivity contribution in [1.82, 2.24) is 9.80 Å². The molecule has 1 aromatic rings. The molecule has 0 saturated carbocycles. The lowest BCUT2D eigenvalue weighted by Crippen LogP contribution is -2.50. The van der Waals surface area contributed by atoms with E-state index in [1.165, 1.54) is 6.26 Å². The molecule has 0 aromatic carbocycles. The van der Waals surface area contributed by atoms with Crippen molar-refractivity contribution < 1.29 is 9.21 Å². The van der Waals surface area contributed by atoms with E-state index in [2.05, 4.69) is 18.7 Å². The number of furan rings is 1. The van der Waals surface area contributed by atoms with Gasteiger partial charge in [-0.3, -0.25) is 4.79 Å². The van der Waals surface area contributed by atoms with E-state index in [-0.39, 0.29) is 30.7 Å². The van der Waals surface area contributed by atoms with Crippen molar-refractivity contribution >= 4 is 30.7 Å². The lowest BCUT2D eigenvalue weighted by atomic mass is 9.92. The van der Waals surface area contributed by atoms with Crippen LogP contribution in [0.5, 0.6) is 0 Å². The lowest BCUT2D eigenvalue weighted by Gasteiger charge is -2.40. The summed E-state index contributed by atoms with van der Waals surface area (Å²) in [5, 5.41) is 0. The molecule has 2 unspecified atom stereocenters. The summed E-state index contributed by atoms with van der Waals surface area (Å²) in [5.74, 6) is 1.16. The average Bonchev–Trinajstić information content (AvgIpc) is 2.94. The second-order valence-electron chi connectivity index (χ2n) is 5.65. The van der Waals surface area contributed by atoms with Gasteiger partial charge in [-0.2, -0.15) is 0 Å².